The van der Waals surface area contributed by atoms with Crippen LogP contribution in [0.25, 0.3) is 0 Å². The third-order valence-electron chi connectivity index (χ3n) is 3.00. The van der Waals surface area contributed by atoms with Gasteiger partial charge in [0.2, 0.25) is 5.91 Å². The summed E-state index contributed by atoms with van der Waals surface area (Å²) in [6.07, 6.45) is 4.02. The minimum atomic E-state index is 0.0259. The number of amides is 1. The van der Waals surface area contributed by atoms with E-state index in [9.17, 15) is 4.79 Å². The summed E-state index contributed by atoms with van der Waals surface area (Å²) in [4.78, 5) is 15.9. The number of para-hydroxylation sites is 1. The fraction of sp³-hybridized carbons (Fsp3) is 0.250. The van der Waals surface area contributed by atoms with Crippen LogP contribution in [0.4, 0.5) is 5.69 Å². The fourth-order valence-electron chi connectivity index (χ4n) is 1.86. The van der Waals surface area contributed by atoms with Crippen molar-refractivity contribution in [1.29, 1.82) is 0 Å². The predicted octanol–water partition coefficient (Wildman–Crippen LogP) is 2.51. The molecule has 20 heavy (non-hydrogen) atoms. The van der Waals surface area contributed by atoms with Crippen LogP contribution in [0.1, 0.15) is 17.5 Å². The number of nitrogens with zero attached hydrogens (tertiary/aromatic N) is 1. The summed E-state index contributed by atoms with van der Waals surface area (Å²) in [5.41, 5.74) is 3.07. The zero-order chi connectivity index (χ0) is 14.2. The normalized spacial score (nSPS) is 10.2. The molecule has 4 nitrogen and oxygen atoms in total. The van der Waals surface area contributed by atoms with E-state index in [1.54, 1.807) is 6.20 Å². The van der Waals surface area contributed by atoms with Crippen molar-refractivity contribution in [3.8, 4) is 0 Å². The van der Waals surface area contributed by atoms with Gasteiger partial charge in [0, 0.05) is 37.6 Å². The lowest BCUT2D eigenvalue weighted by molar-refractivity contribution is -0.116. The molecule has 0 aliphatic carbocycles. The fourth-order valence-corrected chi connectivity index (χ4v) is 1.86. The molecule has 4 heteroatoms. The van der Waals surface area contributed by atoms with Crippen molar-refractivity contribution in [1.82, 2.24) is 10.3 Å². The smallest absolute Gasteiger partial charge is 0.225 e. The lowest BCUT2D eigenvalue weighted by Gasteiger charge is -2.08. The molecule has 104 valence electrons. The summed E-state index contributed by atoms with van der Waals surface area (Å²) < 4.78 is 0. The maximum absolute atomic E-state index is 11.8. The molecule has 0 fully saturated rings. The molecule has 1 aromatic heterocycles. The average molecular weight is 269 g/mol. The van der Waals surface area contributed by atoms with E-state index in [0.717, 1.165) is 23.4 Å². The van der Waals surface area contributed by atoms with Crippen LogP contribution in [0, 0.1) is 6.92 Å². The van der Waals surface area contributed by atoms with Gasteiger partial charge in [-0.3, -0.25) is 9.78 Å². The van der Waals surface area contributed by atoms with Gasteiger partial charge in [0.1, 0.15) is 0 Å². The van der Waals surface area contributed by atoms with Crippen LogP contribution < -0.4 is 10.6 Å². The molecule has 1 aromatic carbocycles. The monoisotopic (exact) mass is 269 g/mol. The Balaban J connectivity index is 1.69. The molecule has 0 aliphatic rings. The Hall–Kier alpha value is -2.20. The van der Waals surface area contributed by atoms with E-state index < -0.39 is 0 Å². The maximum atomic E-state index is 11.8. The van der Waals surface area contributed by atoms with Crippen molar-refractivity contribution in [2.24, 2.45) is 0 Å². The summed E-state index contributed by atoms with van der Waals surface area (Å²) >= 11 is 0. The van der Waals surface area contributed by atoms with E-state index in [4.69, 9.17) is 0 Å². The van der Waals surface area contributed by atoms with Crippen LogP contribution >= 0.6 is 0 Å². The van der Waals surface area contributed by atoms with E-state index in [2.05, 4.69) is 15.6 Å². The van der Waals surface area contributed by atoms with Gasteiger partial charge in [0.25, 0.3) is 0 Å². The second-order valence-electron chi connectivity index (χ2n) is 4.65. The quantitative estimate of drug-likeness (QED) is 0.792. The SMILES string of the molecule is Cc1ccccc1NC(=O)CCNCc1cccnc1. The van der Waals surface area contributed by atoms with Crippen molar-refractivity contribution in [3.63, 3.8) is 0 Å². The number of hydrogen-bond donors (Lipinski definition) is 2. The van der Waals surface area contributed by atoms with E-state index in [1.165, 1.54) is 0 Å². The van der Waals surface area contributed by atoms with Gasteiger partial charge < -0.3 is 10.6 Å². The highest BCUT2D eigenvalue weighted by molar-refractivity contribution is 5.91. The number of carbonyl (C=O) groups is 1. The van der Waals surface area contributed by atoms with Crippen molar-refractivity contribution >= 4 is 11.6 Å². The number of aromatic nitrogens is 1. The molecule has 0 radical (unpaired) electrons. The van der Waals surface area contributed by atoms with Crippen LogP contribution in [0.2, 0.25) is 0 Å². The number of rotatable bonds is 6. The lowest BCUT2D eigenvalue weighted by atomic mass is 10.2. The Labute approximate surface area is 119 Å². The number of carbonyl (C=O) groups excluding carboxylic acids is 1. The number of hydrogen-bond acceptors (Lipinski definition) is 3. The van der Waals surface area contributed by atoms with Gasteiger partial charge in [-0.25, -0.2) is 0 Å². The molecule has 0 bridgehead atoms. The van der Waals surface area contributed by atoms with Crippen molar-refractivity contribution < 1.29 is 4.79 Å². The number of nitrogens with one attached hydrogen (secondary N) is 2. The molecule has 2 rings (SSSR count). The Morgan fingerprint density at radius 3 is 2.80 bits per heavy atom. The van der Waals surface area contributed by atoms with Gasteiger partial charge in [-0.05, 0) is 30.2 Å². The largest absolute Gasteiger partial charge is 0.326 e. The van der Waals surface area contributed by atoms with E-state index in [0.29, 0.717) is 13.0 Å². The molecule has 1 heterocycles. The zero-order valence-electron chi connectivity index (χ0n) is 11.6. The Morgan fingerprint density at radius 2 is 2.05 bits per heavy atom. The Bertz CT molecular complexity index is 555. The first kappa shape index (κ1) is 14.2. The average Bonchev–Trinajstić information content (AvgIpc) is 2.47. The third-order valence-corrected chi connectivity index (χ3v) is 3.00. The van der Waals surface area contributed by atoms with Gasteiger partial charge in [0.05, 0.1) is 0 Å². The van der Waals surface area contributed by atoms with E-state index >= 15 is 0 Å². The number of pyridine rings is 1. The second-order valence-corrected chi connectivity index (χ2v) is 4.65. The molecule has 0 aliphatic heterocycles. The molecule has 0 saturated heterocycles. The zero-order valence-corrected chi connectivity index (χ0v) is 11.6. The minimum Gasteiger partial charge on any atom is -0.326 e. The molecule has 1 amide bonds. The van der Waals surface area contributed by atoms with Crippen LogP contribution in [-0.4, -0.2) is 17.4 Å². The summed E-state index contributed by atoms with van der Waals surface area (Å²) in [7, 11) is 0. The summed E-state index contributed by atoms with van der Waals surface area (Å²) in [5.74, 6) is 0.0259. The first-order chi connectivity index (χ1) is 9.75. The van der Waals surface area contributed by atoms with Crippen LogP contribution in [0.3, 0.4) is 0 Å². The van der Waals surface area contributed by atoms with E-state index in [-0.39, 0.29) is 5.91 Å². The van der Waals surface area contributed by atoms with Gasteiger partial charge in [-0.15, -0.1) is 0 Å². The molecule has 2 N–H and O–H groups in total. The van der Waals surface area contributed by atoms with Crippen molar-refractivity contribution in [3.05, 3.63) is 59.9 Å². The molecular formula is C16H19N3O. The Morgan fingerprint density at radius 1 is 1.20 bits per heavy atom. The third kappa shape index (κ3) is 4.48. The van der Waals surface area contributed by atoms with Crippen LogP contribution in [-0.2, 0) is 11.3 Å². The van der Waals surface area contributed by atoms with E-state index in [1.807, 2.05) is 49.5 Å². The second kappa shape index (κ2) is 7.40. The van der Waals surface area contributed by atoms with Gasteiger partial charge in [-0.2, -0.15) is 0 Å². The highest BCUT2D eigenvalue weighted by atomic mass is 16.1. The molecular weight excluding hydrogens is 250 g/mol. The number of anilines is 1. The molecule has 0 atom stereocenters. The molecule has 2 aromatic rings. The minimum absolute atomic E-state index is 0.0259. The highest BCUT2D eigenvalue weighted by Crippen LogP contribution is 2.13. The summed E-state index contributed by atoms with van der Waals surface area (Å²) in [5, 5.41) is 6.15. The topological polar surface area (TPSA) is 54.0 Å². The van der Waals surface area contributed by atoms with Gasteiger partial charge >= 0.3 is 0 Å². The van der Waals surface area contributed by atoms with Crippen molar-refractivity contribution in [2.75, 3.05) is 11.9 Å². The van der Waals surface area contributed by atoms with Crippen LogP contribution in [0.15, 0.2) is 48.8 Å². The van der Waals surface area contributed by atoms with Gasteiger partial charge in [0.15, 0.2) is 0 Å². The van der Waals surface area contributed by atoms with Crippen molar-refractivity contribution in [2.45, 2.75) is 19.9 Å². The van der Waals surface area contributed by atoms with Crippen LogP contribution in [0.5, 0.6) is 0 Å². The standard InChI is InChI=1S/C16H19N3O/c1-13-5-2-3-7-15(13)19-16(20)8-10-18-12-14-6-4-9-17-11-14/h2-7,9,11,18H,8,10,12H2,1H3,(H,19,20). The first-order valence-electron chi connectivity index (χ1n) is 6.71. The predicted molar refractivity (Wildman–Crippen MR) is 80.4 cm³/mol. The lowest BCUT2D eigenvalue weighted by Crippen LogP contribution is -2.21. The Kier molecular flexibility index (Phi) is 5.26. The number of aryl methyl sites for hydroxylation is 1. The summed E-state index contributed by atoms with van der Waals surface area (Å²) in [6.45, 7) is 3.36. The first-order valence-corrected chi connectivity index (χ1v) is 6.71. The maximum Gasteiger partial charge on any atom is 0.225 e. The molecule has 0 unspecified atom stereocenters. The summed E-state index contributed by atoms with van der Waals surface area (Å²) in [6, 6.07) is 11.7. The number of benzene rings is 1. The molecule has 0 saturated carbocycles. The highest BCUT2D eigenvalue weighted by Gasteiger charge is 2.03. The van der Waals surface area contributed by atoms with Gasteiger partial charge in [-0.1, -0.05) is 24.3 Å². The molecule has 0 spiro atoms.